The number of anilines is 1. The minimum Gasteiger partial charge on any atom is -0.398 e. The molecule has 0 saturated heterocycles. The van der Waals surface area contributed by atoms with Crippen molar-refractivity contribution in [1.29, 1.82) is 0 Å². The molecule has 0 atom stereocenters. The van der Waals surface area contributed by atoms with E-state index >= 15 is 0 Å². The first kappa shape index (κ1) is 15.8. The van der Waals surface area contributed by atoms with Crippen molar-refractivity contribution < 1.29 is 13.5 Å². The lowest BCUT2D eigenvalue weighted by atomic mass is 10.1. The van der Waals surface area contributed by atoms with E-state index in [0.29, 0.717) is 0 Å². The molecule has 2 aromatic carbocycles. The van der Waals surface area contributed by atoms with Crippen molar-refractivity contribution in [2.24, 2.45) is 0 Å². The van der Waals surface area contributed by atoms with Crippen LogP contribution in [-0.4, -0.2) is 13.5 Å². The van der Waals surface area contributed by atoms with Crippen LogP contribution in [0.3, 0.4) is 0 Å². The summed E-state index contributed by atoms with van der Waals surface area (Å²) in [6, 6.07) is 11.5. The summed E-state index contributed by atoms with van der Waals surface area (Å²) in [5, 5.41) is 9.04. The van der Waals surface area contributed by atoms with E-state index in [-0.39, 0.29) is 28.8 Å². The van der Waals surface area contributed by atoms with Crippen molar-refractivity contribution in [3.8, 4) is 0 Å². The predicted molar refractivity (Wildman–Crippen MR) is 82.3 cm³/mol. The van der Waals surface area contributed by atoms with Crippen molar-refractivity contribution in [2.75, 3.05) is 5.73 Å². The molecule has 0 spiro atoms. The monoisotopic (exact) mass is 326 g/mol. The van der Waals surface area contributed by atoms with Crippen LogP contribution in [0.5, 0.6) is 0 Å². The number of nitrogens with one attached hydrogen (secondary N) is 1. The van der Waals surface area contributed by atoms with E-state index < -0.39 is 10.0 Å². The summed E-state index contributed by atoms with van der Waals surface area (Å²) in [5.74, 6) is 0. The van der Waals surface area contributed by atoms with Gasteiger partial charge in [-0.25, -0.2) is 13.1 Å². The maximum Gasteiger partial charge on any atom is 0.244 e. The van der Waals surface area contributed by atoms with Gasteiger partial charge in [-0.2, -0.15) is 0 Å². The molecule has 0 aromatic heterocycles. The van der Waals surface area contributed by atoms with E-state index in [2.05, 4.69) is 4.72 Å². The predicted octanol–water partition coefficient (Wildman–Crippen LogP) is 1.89. The standard InChI is InChI=1S/C14H15ClN2O3S/c15-12-2-1-3-13(16)14(12)21(19,20)17-8-10-4-6-11(9-18)7-5-10/h1-7,17-18H,8-9,16H2. The van der Waals surface area contributed by atoms with Gasteiger partial charge in [0, 0.05) is 6.54 Å². The van der Waals surface area contributed by atoms with Crippen LogP contribution in [0, 0.1) is 0 Å². The van der Waals surface area contributed by atoms with Crippen LogP contribution in [0.15, 0.2) is 47.4 Å². The van der Waals surface area contributed by atoms with E-state index in [0.717, 1.165) is 11.1 Å². The number of nitrogens with two attached hydrogens (primary N) is 1. The Kier molecular flexibility index (Phi) is 4.84. The number of rotatable bonds is 5. The number of hydrogen-bond donors (Lipinski definition) is 3. The summed E-state index contributed by atoms with van der Waals surface area (Å²) in [7, 11) is -3.79. The second kappa shape index (κ2) is 6.44. The van der Waals surface area contributed by atoms with Crippen LogP contribution in [0.1, 0.15) is 11.1 Å². The maximum atomic E-state index is 12.3. The van der Waals surface area contributed by atoms with Crippen LogP contribution in [0.4, 0.5) is 5.69 Å². The SMILES string of the molecule is Nc1cccc(Cl)c1S(=O)(=O)NCc1ccc(CO)cc1. The molecule has 4 N–H and O–H groups in total. The Morgan fingerprint density at radius 1 is 1.10 bits per heavy atom. The highest BCUT2D eigenvalue weighted by molar-refractivity contribution is 7.89. The molecular formula is C14H15ClN2O3S. The first-order valence-electron chi connectivity index (χ1n) is 6.16. The third-order valence-electron chi connectivity index (χ3n) is 2.94. The summed E-state index contributed by atoms with van der Waals surface area (Å²) in [6.07, 6.45) is 0. The summed E-state index contributed by atoms with van der Waals surface area (Å²) < 4.78 is 27.0. The summed E-state index contributed by atoms with van der Waals surface area (Å²) in [6.45, 7) is 0.0564. The van der Waals surface area contributed by atoms with Gasteiger partial charge in [-0.05, 0) is 23.3 Å². The van der Waals surface area contributed by atoms with Gasteiger partial charge in [-0.1, -0.05) is 41.9 Å². The van der Waals surface area contributed by atoms with Crippen molar-refractivity contribution in [1.82, 2.24) is 4.72 Å². The zero-order chi connectivity index (χ0) is 15.5. The lowest BCUT2D eigenvalue weighted by Crippen LogP contribution is -2.24. The Morgan fingerprint density at radius 3 is 2.29 bits per heavy atom. The molecule has 0 unspecified atom stereocenters. The first-order valence-corrected chi connectivity index (χ1v) is 8.02. The molecule has 2 aromatic rings. The van der Waals surface area contributed by atoms with Crippen LogP contribution < -0.4 is 10.5 Å². The molecule has 7 heteroatoms. The molecule has 0 bridgehead atoms. The minimum absolute atomic E-state index is 0.0534. The molecular weight excluding hydrogens is 312 g/mol. The molecule has 0 aliphatic carbocycles. The highest BCUT2D eigenvalue weighted by Gasteiger charge is 2.20. The Labute approximate surface area is 128 Å². The van der Waals surface area contributed by atoms with E-state index in [1.165, 1.54) is 12.1 Å². The molecule has 0 radical (unpaired) electrons. The topological polar surface area (TPSA) is 92.4 Å². The molecule has 112 valence electrons. The van der Waals surface area contributed by atoms with Crippen LogP contribution in [0.25, 0.3) is 0 Å². The van der Waals surface area contributed by atoms with Crippen LogP contribution >= 0.6 is 11.6 Å². The van der Waals surface area contributed by atoms with E-state index in [4.69, 9.17) is 22.4 Å². The highest BCUT2D eigenvalue weighted by atomic mass is 35.5. The van der Waals surface area contributed by atoms with Gasteiger partial charge in [0.05, 0.1) is 17.3 Å². The number of halogens is 1. The fourth-order valence-corrected chi connectivity index (χ4v) is 3.51. The molecule has 0 heterocycles. The normalized spacial score (nSPS) is 11.5. The van der Waals surface area contributed by atoms with Crippen molar-refractivity contribution in [3.05, 3.63) is 58.6 Å². The summed E-state index contributed by atoms with van der Waals surface area (Å²) in [4.78, 5) is -0.112. The lowest BCUT2D eigenvalue weighted by molar-refractivity contribution is 0.282. The van der Waals surface area contributed by atoms with Crippen molar-refractivity contribution >= 4 is 27.3 Å². The number of aliphatic hydroxyl groups excluding tert-OH is 1. The third-order valence-corrected chi connectivity index (χ3v) is 4.88. The zero-order valence-electron chi connectivity index (χ0n) is 11.1. The molecule has 0 aliphatic heterocycles. The quantitative estimate of drug-likeness (QED) is 0.732. The van der Waals surface area contributed by atoms with Crippen LogP contribution in [-0.2, 0) is 23.2 Å². The molecule has 21 heavy (non-hydrogen) atoms. The number of hydrogen-bond acceptors (Lipinski definition) is 4. The van der Waals surface area contributed by atoms with E-state index in [9.17, 15) is 8.42 Å². The average Bonchev–Trinajstić information content (AvgIpc) is 2.45. The molecule has 0 aliphatic rings. The lowest BCUT2D eigenvalue weighted by Gasteiger charge is -2.11. The fourth-order valence-electron chi connectivity index (χ4n) is 1.82. The molecule has 0 fully saturated rings. The fraction of sp³-hybridized carbons (Fsp3) is 0.143. The van der Waals surface area contributed by atoms with Crippen molar-refractivity contribution in [3.63, 3.8) is 0 Å². The maximum absolute atomic E-state index is 12.3. The van der Waals surface area contributed by atoms with E-state index in [1.807, 2.05) is 0 Å². The van der Waals surface area contributed by atoms with Gasteiger partial charge in [0.1, 0.15) is 4.90 Å². The summed E-state index contributed by atoms with van der Waals surface area (Å²) >= 11 is 5.91. The molecule has 0 saturated carbocycles. The number of benzene rings is 2. The van der Waals surface area contributed by atoms with Gasteiger partial charge in [0.25, 0.3) is 0 Å². The number of nitrogen functional groups attached to an aromatic ring is 1. The van der Waals surface area contributed by atoms with Crippen molar-refractivity contribution in [2.45, 2.75) is 18.0 Å². The van der Waals surface area contributed by atoms with Crippen LogP contribution in [0.2, 0.25) is 5.02 Å². The largest absolute Gasteiger partial charge is 0.398 e. The average molecular weight is 327 g/mol. The minimum atomic E-state index is -3.79. The van der Waals surface area contributed by atoms with Gasteiger partial charge in [0.15, 0.2) is 0 Å². The van der Waals surface area contributed by atoms with Gasteiger partial charge in [-0.3, -0.25) is 0 Å². The molecule has 2 rings (SSSR count). The van der Waals surface area contributed by atoms with E-state index in [1.54, 1.807) is 30.3 Å². The Bertz CT molecular complexity index is 710. The molecule has 0 amide bonds. The second-order valence-corrected chi connectivity index (χ2v) is 6.57. The second-order valence-electron chi connectivity index (χ2n) is 4.46. The summed E-state index contributed by atoms with van der Waals surface area (Å²) in [5.41, 5.74) is 7.31. The number of aliphatic hydroxyl groups is 1. The zero-order valence-corrected chi connectivity index (χ0v) is 12.7. The van der Waals surface area contributed by atoms with Gasteiger partial charge < -0.3 is 10.8 Å². The Balaban J connectivity index is 2.18. The molecule has 5 nitrogen and oxygen atoms in total. The smallest absolute Gasteiger partial charge is 0.244 e. The first-order chi connectivity index (χ1) is 9.94. The highest BCUT2D eigenvalue weighted by Crippen LogP contribution is 2.26. The van der Waals surface area contributed by atoms with Gasteiger partial charge in [0.2, 0.25) is 10.0 Å². The third kappa shape index (κ3) is 3.74. The Hall–Kier alpha value is -1.60. The number of sulfonamides is 1. The van der Waals surface area contributed by atoms with Gasteiger partial charge >= 0.3 is 0 Å². The van der Waals surface area contributed by atoms with Gasteiger partial charge in [-0.15, -0.1) is 0 Å². The Morgan fingerprint density at radius 2 is 1.71 bits per heavy atom.